The van der Waals surface area contributed by atoms with Gasteiger partial charge < -0.3 is 10.1 Å². The van der Waals surface area contributed by atoms with Crippen LogP contribution in [0.2, 0.25) is 5.02 Å². The highest BCUT2D eigenvalue weighted by Crippen LogP contribution is 2.30. The smallest absolute Gasteiger partial charge is 0.138 e. The maximum atomic E-state index is 6.27. The van der Waals surface area contributed by atoms with Crippen LogP contribution in [0.3, 0.4) is 0 Å². The number of anilines is 1. The van der Waals surface area contributed by atoms with Gasteiger partial charge in [0.15, 0.2) is 0 Å². The first-order valence-electron chi connectivity index (χ1n) is 7.25. The zero-order chi connectivity index (χ0) is 15.4. The lowest BCUT2D eigenvalue weighted by Gasteiger charge is -2.19. The van der Waals surface area contributed by atoms with Crippen LogP contribution >= 0.6 is 11.6 Å². The van der Waals surface area contributed by atoms with Gasteiger partial charge in [0.25, 0.3) is 0 Å². The topological polar surface area (TPSA) is 21.3 Å². The van der Waals surface area contributed by atoms with Crippen LogP contribution in [0.15, 0.2) is 42.5 Å². The second kappa shape index (κ2) is 6.86. The number of hydrogen-bond acceptors (Lipinski definition) is 2. The number of nitrogens with one attached hydrogen (secondary N) is 1. The zero-order valence-electron chi connectivity index (χ0n) is 13.0. The molecule has 2 aromatic carbocycles. The molecule has 0 heterocycles. The Morgan fingerprint density at radius 3 is 2.38 bits per heavy atom. The molecule has 1 unspecified atom stereocenters. The fourth-order valence-electron chi connectivity index (χ4n) is 2.34. The highest BCUT2D eigenvalue weighted by atomic mass is 35.5. The summed E-state index contributed by atoms with van der Waals surface area (Å²) in [5, 5.41) is 4.11. The van der Waals surface area contributed by atoms with E-state index >= 15 is 0 Å². The summed E-state index contributed by atoms with van der Waals surface area (Å²) in [6.07, 6.45) is 0.118. The first kappa shape index (κ1) is 15.7. The van der Waals surface area contributed by atoms with Crippen LogP contribution in [0.5, 0.6) is 5.75 Å². The first-order valence-corrected chi connectivity index (χ1v) is 7.63. The molecule has 3 heteroatoms. The van der Waals surface area contributed by atoms with Gasteiger partial charge in [-0.1, -0.05) is 35.9 Å². The van der Waals surface area contributed by atoms with Gasteiger partial charge in [0.2, 0.25) is 0 Å². The zero-order valence-corrected chi connectivity index (χ0v) is 13.7. The standard InChI is InChI=1S/C18H22ClNO/c1-12(2)21-18-10-9-15(11-17(18)19)20-14(4)16-8-6-5-7-13(16)3/h5-12,14,20H,1-4H3. The van der Waals surface area contributed by atoms with Crippen LogP contribution in [0.4, 0.5) is 5.69 Å². The highest BCUT2D eigenvalue weighted by Gasteiger charge is 2.10. The number of rotatable bonds is 5. The van der Waals surface area contributed by atoms with E-state index in [-0.39, 0.29) is 12.1 Å². The van der Waals surface area contributed by atoms with Gasteiger partial charge in [0.05, 0.1) is 11.1 Å². The third-order valence-corrected chi connectivity index (χ3v) is 3.63. The molecule has 1 atom stereocenters. The Kier molecular flexibility index (Phi) is 5.13. The summed E-state index contributed by atoms with van der Waals surface area (Å²) >= 11 is 6.27. The minimum absolute atomic E-state index is 0.118. The van der Waals surface area contributed by atoms with Crippen LogP contribution in [0, 0.1) is 6.92 Å². The van der Waals surface area contributed by atoms with E-state index in [1.807, 2.05) is 32.0 Å². The number of hydrogen-bond donors (Lipinski definition) is 1. The Labute approximate surface area is 132 Å². The van der Waals surface area contributed by atoms with Crippen molar-refractivity contribution in [3.8, 4) is 5.75 Å². The molecule has 2 aromatic rings. The lowest BCUT2D eigenvalue weighted by molar-refractivity contribution is 0.242. The quantitative estimate of drug-likeness (QED) is 0.775. The van der Waals surface area contributed by atoms with Crippen molar-refractivity contribution in [1.29, 1.82) is 0 Å². The molecule has 0 aliphatic carbocycles. The van der Waals surface area contributed by atoms with E-state index in [2.05, 4.69) is 43.4 Å². The van der Waals surface area contributed by atoms with E-state index in [4.69, 9.17) is 16.3 Å². The summed E-state index contributed by atoms with van der Waals surface area (Å²) in [5.74, 6) is 0.723. The van der Waals surface area contributed by atoms with Crippen molar-refractivity contribution in [2.75, 3.05) is 5.32 Å². The van der Waals surface area contributed by atoms with Crippen molar-refractivity contribution in [3.63, 3.8) is 0 Å². The van der Waals surface area contributed by atoms with Gasteiger partial charge in [0, 0.05) is 11.7 Å². The average molecular weight is 304 g/mol. The van der Waals surface area contributed by atoms with Crippen molar-refractivity contribution < 1.29 is 4.74 Å². The molecule has 0 aromatic heterocycles. The summed E-state index contributed by atoms with van der Waals surface area (Å²) in [4.78, 5) is 0. The molecule has 21 heavy (non-hydrogen) atoms. The van der Waals surface area contributed by atoms with E-state index in [0.29, 0.717) is 5.02 Å². The van der Waals surface area contributed by atoms with E-state index in [1.165, 1.54) is 11.1 Å². The number of ether oxygens (including phenoxy) is 1. The van der Waals surface area contributed by atoms with Gasteiger partial charge >= 0.3 is 0 Å². The largest absolute Gasteiger partial charge is 0.489 e. The Hall–Kier alpha value is -1.67. The Balaban J connectivity index is 2.13. The normalized spacial score (nSPS) is 12.3. The molecule has 0 saturated heterocycles. The molecule has 0 bridgehead atoms. The van der Waals surface area contributed by atoms with Crippen LogP contribution in [0.25, 0.3) is 0 Å². The molecule has 1 N–H and O–H groups in total. The summed E-state index contributed by atoms with van der Waals surface area (Å²) < 4.78 is 5.65. The van der Waals surface area contributed by atoms with Crippen molar-refractivity contribution in [3.05, 3.63) is 58.6 Å². The fourth-order valence-corrected chi connectivity index (χ4v) is 2.57. The van der Waals surface area contributed by atoms with Crippen molar-refractivity contribution in [2.24, 2.45) is 0 Å². The number of aryl methyl sites for hydroxylation is 1. The van der Waals surface area contributed by atoms with E-state index in [1.54, 1.807) is 0 Å². The third-order valence-electron chi connectivity index (χ3n) is 3.33. The molecule has 112 valence electrons. The summed E-state index contributed by atoms with van der Waals surface area (Å²) in [6, 6.07) is 14.4. The monoisotopic (exact) mass is 303 g/mol. The van der Waals surface area contributed by atoms with Crippen molar-refractivity contribution in [1.82, 2.24) is 0 Å². The Morgan fingerprint density at radius 1 is 1.05 bits per heavy atom. The van der Waals surface area contributed by atoms with Gasteiger partial charge in [0.1, 0.15) is 5.75 Å². The van der Waals surface area contributed by atoms with Crippen LogP contribution in [-0.2, 0) is 0 Å². The van der Waals surface area contributed by atoms with Crippen molar-refractivity contribution in [2.45, 2.75) is 39.8 Å². The van der Waals surface area contributed by atoms with Gasteiger partial charge in [-0.3, -0.25) is 0 Å². The van der Waals surface area contributed by atoms with E-state index in [0.717, 1.165) is 11.4 Å². The van der Waals surface area contributed by atoms with Crippen LogP contribution in [0.1, 0.15) is 37.9 Å². The third kappa shape index (κ3) is 4.15. The average Bonchev–Trinajstić information content (AvgIpc) is 2.42. The van der Waals surface area contributed by atoms with E-state index < -0.39 is 0 Å². The maximum Gasteiger partial charge on any atom is 0.138 e. The van der Waals surface area contributed by atoms with Gasteiger partial charge in [-0.15, -0.1) is 0 Å². The van der Waals surface area contributed by atoms with Gasteiger partial charge in [-0.2, -0.15) is 0 Å². The lowest BCUT2D eigenvalue weighted by Crippen LogP contribution is -2.09. The second-order valence-electron chi connectivity index (χ2n) is 5.53. The predicted molar refractivity (Wildman–Crippen MR) is 90.4 cm³/mol. The molecular weight excluding hydrogens is 282 g/mol. The predicted octanol–water partition coefficient (Wildman–Crippen LogP) is 5.61. The molecule has 0 spiro atoms. The number of halogens is 1. The summed E-state index contributed by atoms with van der Waals surface area (Å²) in [6.45, 7) is 8.25. The minimum atomic E-state index is 0.118. The molecule has 0 amide bonds. The van der Waals surface area contributed by atoms with Crippen LogP contribution in [-0.4, -0.2) is 6.10 Å². The molecule has 2 nitrogen and oxygen atoms in total. The van der Waals surface area contributed by atoms with Gasteiger partial charge in [-0.05, 0) is 57.0 Å². The summed E-state index contributed by atoms with van der Waals surface area (Å²) in [7, 11) is 0. The van der Waals surface area contributed by atoms with Gasteiger partial charge in [-0.25, -0.2) is 0 Å². The number of benzene rings is 2. The molecule has 0 radical (unpaired) electrons. The lowest BCUT2D eigenvalue weighted by atomic mass is 10.0. The van der Waals surface area contributed by atoms with E-state index in [9.17, 15) is 0 Å². The second-order valence-corrected chi connectivity index (χ2v) is 5.94. The SMILES string of the molecule is Cc1ccccc1C(C)Nc1ccc(OC(C)C)c(Cl)c1. The van der Waals surface area contributed by atoms with Crippen molar-refractivity contribution >= 4 is 17.3 Å². The maximum absolute atomic E-state index is 6.27. The van der Waals surface area contributed by atoms with Crippen LogP contribution < -0.4 is 10.1 Å². The summed E-state index contributed by atoms with van der Waals surface area (Å²) in [5.41, 5.74) is 3.56. The Bertz CT molecular complexity index is 610. The molecule has 0 aliphatic heterocycles. The molecular formula is C18H22ClNO. The molecule has 0 aliphatic rings. The minimum Gasteiger partial charge on any atom is -0.489 e. The highest BCUT2D eigenvalue weighted by molar-refractivity contribution is 6.32. The molecule has 2 rings (SSSR count). The molecule has 0 saturated carbocycles. The fraction of sp³-hybridized carbons (Fsp3) is 0.333. The Morgan fingerprint density at radius 2 is 1.76 bits per heavy atom. The first-order chi connectivity index (χ1) is 9.97. The molecule has 0 fully saturated rings.